The Labute approximate surface area is 176 Å². The minimum absolute atomic E-state index is 0.00345. The van der Waals surface area contributed by atoms with E-state index in [0.29, 0.717) is 5.69 Å². The van der Waals surface area contributed by atoms with Crippen LogP contribution in [0.5, 0.6) is 5.75 Å². The summed E-state index contributed by atoms with van der Waals surface area (Å²) in [5.74, 6) is -0.480. The van der Waals surface area contributed by atoms with E-state index in [-0.39, 0.29) is 28.5 Å². The largest absolute Gasteiger partial charge is 0.496 e. The van der Waals surface area contributed by atoms with Gasteiger partial charge in [-0.05, 0) is 49.2 Å². The van der Waals surface area contributed by atoms with Crippen molar-refractivity contribution in [1.29, 1.82) is 0 Å². The van der Waals surface area contributed by atoms with E-state index >= 15 is 0 Å². The Morgan fingerprint density at radius 3 is 2.23 bits per heavy atom. The van der Waals surface area contributed by atoms with Gasteiger partial charge in [0.15, 0.2) is 0 Å². The van der Waals surface area contributed by atoms with Crippen molar-refractivity contribution < 1.29 is 22.3 Å². The summed E-state index contributed by atoms with van der Waals surface area (Å²) in [6.45, 7) is 3.68. The standard InChI is InChI=1S/C23H19F4N3O/c1-13-7-4-8-14(2)20(13)29-22-21(19-15(24)9-5-10-16(19)31-3)28-18-12-6-11-17(30(18)22)23(25,26)27/h4-12,29H,1-3H3. The zero-order valence-corrected chi connectivity index (χ0v) is 17.0. The number of nitrogens with zero attached hydrogens (tertiary/aromatic N) is 2. The Bertz CT molecular complexity index is 1260. The average molecular weight is 429 g/mol. The number of rotatable bonds is 4. The van der Waals surface area contributed by atoms with Gasteiger partial charge in [-0.25, -0.2) is 9.37 Å². The van der Waals surface area contributed by atoms with Crippen LogP contribution in [0.4, 0.5) is 29.1 Å². The number of alkyl halides is 3. The van der Waals surface area contributed by atoms with Gasteiger partial charge in [0.05, 0.1) is 12.7 Å². The molecule has 0 radical (unpaired) electrons. The molecule has 0 aliphatic rings. The zero-order chi connectivity index (χ0) is 22.3. The molecule has 0 saturated heterocycles. The number of aromatic nitrogens is 2. The maximum absolute atomic E-state index is 14.9. The molecule has 0 atom stereocenters. The van der Waals surface area contributed by atoms with Gasteiger partial charge in [-0.1, -0.05) is 30.3 Å². The number of nitrogens with one attached hydrogen (secondary N) is 1. The fourth-order valence-electron chi connectivity index (χ4n) is 3.64. The van der Waals surface area contributed by atoms with Crippen LogP contribution in [0.25, 0.3) is 16.9 Å². The Morgan fingerprint density at radius 2 is 1.58 bits per heavy atom. The van der Waals surface area contributed by atoms with E-state index in [9.17, 15) is 17.6 Å². The second kappa shape index (κ2) is 7.61. The van der Waals surface area contributed by atoms with Crippen LogP contribution in [-0.4, -0.2) is 16.5 Å². The van der Waals surface area contributed by atoms with E-state index in [2.05, 4.69) is 10.3 Å². The third-order valence-electron chi connectivity index (χ3n) is 5.09. The van der Waals surface area contributed by atoms with E-state index in [4.69, 9.17) is 4.74 Å². The normalized spacial score (nSPS) is 11.7. The highest BCUT2D eigenvalue weighted by molar-refractivity contribution is 5.84. The maximum atomic E-state index is 14.9. The van der Waals surface area contributed by atoms with Crippen LogP contribution in [0.15, 0.2) is 54.6 Å². The number of hydrogen-bond acceptors (Lipinski definition) is 3. The average Bonchev–Trinajstić information content (AvgIpc) is 3.07. The quantitative estimate of drug-likeness (QED) is 0.375. The van der Waals surface area contributed by atoms with Gasteiger partial charge < -0.3 is 10.1 Å². The highest BCUT2D eigenvalue weighted by atomic mass is 19.4. The monoisotopic (exact) mass is 429 g/mol. The summed E-state index contributed by atoms with van der Waals surface area (Å²) >= 11 is 0. The van der Waals surface area contributed by atoms with Gasteiger partial charge in [0.1, 0.15) is 34.4 Å². The van der Waals surface area contributed by atoms with Gasteiger partial charge in [0, 0.05) is 5.69 Å². The molecule has 8 heteroatoms. The Hall–Kier alpha value is -3.55. The Kier molecular flexibility index (Phi) is 5.08. The van der Waals surface area contributed by atoms with Crippen molar-refractivity contribution >= 4 is 17.2 Å². The van der Waals surface area contributed by atoms with Crippen molar-refractivity contribution in [2.24, 2.45) is 0 Å². The second-order valence-corrected chi connectivity index (χ2v) is 7.12. The second-order valence-electron chi connectivity index (χ2n) is 7.12. The van der Waals surface area contributed by atoms with Crippen molar-refractivity contribution in [3.8, 4) is 17.0 Å². The highest BCUT2D eigenvalue weighted by Crippen LogP contribution is 2.41. The molecule has 0 aliphatic heterocycles. The third-order valence-corrected chi connectivity index (χ3v) is 5.09. The lowest BCUT2D eigenvalue weighted by molar-refractivity contribution is -0.141. The highest BCUT2D eigenvalue weighted by Gasteiger charge is 2.35. The fraction of sp³-hybridized carbons (Fsp3) is 0.174. The molecule has 0 unspecified atom stereocenters. The first kappa shape index (κ1) is 20.7. The van der Waals surface area contributed by atoms with Crippen molar-refractivity contribution in [3.05, 3.63) is 77.2 Å². The number of anilines is 2. The lowest BCUT2D eigenvalue weighted by Crippen LogP contribution is -2.13. The molecule has 0 saturated carbocycles. The number of para-hydroxylation sites is 1. The first-order chi connectivity index (χ1) is 14.7. The van der Waals surface area contributed by atoms with Gasteiger partial charge in [-0.3, -0.25) is 4.40 Å². The topological polar surface area (TPSA) is 38.6 Å². The molecule has 2 aromatic heterocycles. The van der Waals surface area contributed by atoms with E-state index in [1.54, 1.807) is 0 Å². The first-order valence-corrected chi connectivity index (χ1v) is 9.47. The minimum atomic E-state index is -4.64. The van der Waals surface area contributed by atoms with Crippen molar-refractivity contribution in [2.75, 3.05) is 12.4 Å². The van der Waals surface area contributed by atoms with Gasteiger partial charge in [-0.15, -0.1) is 0 Å². The predicted octanol–water partition coefficient (Wildman–Crippen LogP) is 6.53. The van der Waals surface area contributed by atoms with Crippen LogP contribution in [0.3, 0.4) is 0 Å². The first-order valence-electron chi connectivity index (χ1n) is 9.47. The van der Waals surface area contributed by atoms with Gasteiger partial charge in [0.25, 0.3) is 0 Å². The van der Waals surface area contributed by atoms with E-state index in [0.717, 1.165) is 21.6 Å². The molecule has 0 amide bonds. The number of hydrogen-bond donors (Lipinski definition) is 1. The predicted molar refractivity (Wildman–Crippen MR) is 111 cm³/mol. The van der Waals surface area contributed by atoms with E-state index in [1.165, 1.54) is 37.4 Å². The Morgan fingerprint density at radius 1 is 0.935 bits per heavy atom. The molecule has 1 N–H and O–H groups in total. The van der Waals surface area contributed by atoms with Crippen LogP contribution in [0.2, 0.25) is 0 Å². The summed E-state index contributed by atoms with van der Waals surface area (Å²) in [6.07, 6.45) is -4.64. The molecular weight excluding hydrogens is 410 g/mol. The molecule has 0 spiro atoms. The lowest BCUT2D eigenvalue weighted by atomic mass is 10.1. The number of ether oxygens (including phenoxy) is 1. The zero-order valence-electron chi connectivity index (χ0n) is 17.0. The number of fused-ring (bicyclic) bond motifs is 1. The van der Waals surface area contributed by atoms with Crippen LogP contribution in [0, 0.1) is 19.7 Å². The minimum Gasteiger partial charge on any atom is -0.496 e. The number of aryl methyl sites for hydroxylation is 2. The van der Waals surface area contributed by atoms with Crippen molar-refractivity contribution in [1.82, 2.24) is 9.38 Å². The molecule has 31 heavy (non-hydrogen) atoms. The molecule has 0 bridgehead atoms. The lowest BCUT2D eigenvalue weighted by Gasteiger charge is -2.17. The van der Waals surface area contributed by atoms with E-state index in [1.807, 2.05) is 32.0 Å². The SMILES string of the molecule is COc1cccc(F)c1-c1nc2cccc(C(F)(F)F)n2c1Nc1c(C)cccc1C. The fourth-order valence-corrected chi connectivity index (χ4v) is 3.64. The molecule has 0 fully saturated rings. The summed E-state index contributed by atoms with van der Waals surface area (Å²) in [6, 6.07) is 13.4. The molecular formula is C23H19F4N3O. The van der Waals surface area contributed by atoms with Crippen molar-refractivity contribution in [2.45, 2.75) is 20.0 Å². The van der Waals surface area contributed by atoms with Gasteiger partial charge in [0.2, 0.25) is 0 Å². The number of imidazole rings is 1. The summed E-state index contributed by atoms with van der Waals surface area (Å²) in [5, 5.41) is 3.10. The Balaban J connectivity index is 2.10. The third kappa shape index (κ3) is 3.58. The number of methoxy groups -OCH3 is 1. The molecule has 4 aromatic rings. The summed E-state index contributed by atoms with van der Waals surface area (Å²) in [7, 11) is 1.37. The van der Waals surface area contributed by atoms with Gasteiger partial charge in [-0.2, -0.15) is 13.2 Å². The van der Waals surface area contributed by atoms with Crippen molar-refractivity contribution in [3.63, 3.8) is 0 Å². The maximum Gasteiger partial charge on any atom is 0.431 e. The number of benzene rings is 2. The van der Waals surface area contributed by atoms with Crippen LogP contribution in [0.1, 0.15) is 16.8 Å². The summed E-state index contributed by atoms with van der Waals surface area (Å²) < 4.78 is 62.7. The number of pyridine rings is 1. The molecule has 4 nitrogen and oxygen atoms in total. The molecule has 2 aromatic carbocycles. The van der Waals surface area contributed by atoms with E-state index < -0.39 is 17.7 Å². The molecule has 4 rings (SSSR count). The molecule has 160 valence electrons. The van der Waals surface area contributed by atoms with Crippen LogP contribution < -0.4 is 10.1 Å². The number of halogens is 4. The van der Waals surface area contributed by atoms with Crippen LogP contribution >= 0.6 is 0 Å². The molecule has 2 heterocycles. The summed E-state index contributed by atoms with van der Waals surface area (Å²) in [4.78, 5) is 4.36. The smallest absolute Gasteiger partial charge is 0.431 e. The molecule has 0 aliphatic carbocycles. The summed E-state index contributed by atoms with van der Waals surface area (Å²) in [5.41, 5.74) is 1.39. The van der Waals surface area contributed by atoms with Crippen LogP contribution in [-0.2, 0) is 6.18 Å². The van der Waals surface area contributed by atoms with Gasteiger partial charge >= 0.3 is 6.18 Å².